The normalized spacial score (nSPS) is 15.7. The van der Waals surface area contributed by atoms with Gasteiger partial charge in [0.15, 0.2) is 9.84 Å². The zero-order valence-electron chi connectivity index (χ0n) is 15.2. The first-order chi connectivity index (χ1) is 12.7. The van der Waals surface area contributed by atoms with Crippen molar-refractivity contribution >= 4 is 27.3 Å². The molecule has 0 atom stereocenters. The molecule has 1 aromatic heterocycles. The molecular formula is C18H22N2O5S2. The van der Waals surface area contributed by atoms with Crippen LogP contribution in [0, 0.1) is 6.92 Å². The number of thiazole rings is 1. The summed E-state index contributed by atoms with van der Waals surface area (Å²) in [5.74, 6) is 0.873. The van der Waals surface area contributed by atoms with Gasteiger partial charge in [0, 0.05) is 30.1 Å². The smallest absolute Gasteiger partial charge is 0.407 e. The summed E-state index contributed by atoms with van der Waals surface area (Å²) in [5.41, 5.74) is 0.864. The van der Waals surface area contributed by atoms with E-state index in [1.807, 2.05) is 6.92 Å². The number of aryl methyl sites for hydroxylation is 1. The van der Waals surface area contributed by atoms with Gasteiger partial charge >= 0.3 is 6.09 Å². The predicted molar refractivity (Wildman–Crippen MR) is 102 cm³/mol. The molecule has 3 rings (SSSR count). The molecule has 0 saturated carbocycles. The van der Waals surface area contributed by atoms with Crippen LogP contribution in [-0.2, 0) is 16.4 Å². The highest BCUT2D eigenvalue weighted by Gasteiger charge is 2.26. The number of aromatic nitrogens is 1. The zero-order chi connectivity index (χ0) is 19.6. The van der Waals surface area contributed by atoms with Gasteiger partial charge in [-0.05, 0) is 44.0 Å². The first-order valence-corrected chi connectivity index (χ1v) is 11.3. The van der Waals surface area contributed by atoms with E-state index in [2.05, 4.69) is 0 Å². The van der Waals surface area contributed by atoms with Gasteiger partial charge in [-0.2, -0.15) is 0 Å². The number of ether oxygens (including phenoxy) is 1. The Hall–Kier alpha value is -2.13. The number of likely N-dealkylation sites (tertiary alicyclic amines) is 1. The highest BCUT2D eigenvalue weighted by atomic mass is 32.2. The van der Waals surface area contributed by atoms with Gasteiger partial charge in [0.2, 0.25) is 0 Å². The molecule has 0 aliphatic carbocycles. The van der Waals surface area contributed by atoms with Crippen molar-refractivity contribution in [1.29, 1.82) is 0 Å². The summed E-state index contributed by atoms with van der Waals surface area (Å²) in [5, 5.41) is 10.1. The monoisotopic (exact) mass is 410 g/mol. The van der Waals surface area contributed by atoms with Crippen molar-refractivity contribution in [3.05, 3.63) is 39.8 Å². The summed E-state index contributed by atoms with van der Waals surface area (Å²) in [4.78, 5) is 18.5. The predicted octanol–water partition coefficient (Wildman–Crippen LogP) is 3.29. The van der Waals surface area contributed by atoms with Gasteiger partial charge in [-0.15, -0.1) is 11.3 Å². The number of benzene rings is 1. The Bertz CT molecular complexity index is 914. The topological polar surface area (TPSA) is 96.8 Å². The lowest BCUT2D eigenvalue weighted by atomic mass is 9.98. The SMILES string of the molecule is Cc1sc(C2CCN(C(=O)O)CC2)nc1COc1ccc(S(C)(=O)=O)cc1. The molecule has 9 heteroatoms. The summed E-state index contributed by atoms with van der Waals surface area (Å²) >= 11 is 1.64. The van der Waals surface area contributed by atoms with Gasteiger partial charge < -0.3 is 14.7 Å². The van der Waals surface area contributed by atoms with Crippen molar-refractivity contribution in [3.8, 4) is 5.75 Å². The molecule has 0 bridgehead atoms. The van der Waals surface area contributed by atoms with E-state index in [1.54, 1.807) is 23.5 Å². The highest BCUT2D eigenvalue weighted by molar-refractivity contribution is 7.90. The number of hydrogen-bond acceptors (Lipinski definition) is 6. The Kier molecular flexibility index (Phi) is 5.71. The Balaban J connectivity index is 1.61. The fourth-order valence-corrected chi connectivity index (χ4v) is 4.74. The maximum absolute atomic E-state index is 11.5. The summed E-state index contributed by atoms with van der Waals surface area (Å²) < 4.78 is 28.7. The average Bonchev–Trinajstić information content (AvgIpc) is 3.00. The first kappa shape index (κ1) is 19.6. The lowest BCUT2D eigenvalue weighted by Crippen LogP contribution is -2.36. The van der Waals surface area contributed by atoms with Crippen molar-refractivity contribution in [2.24, 2.45) is 0 Å². The van der Waals surface area contributed by atoms with Crippen molar-refractivity contribution in [2.45, 2.75) is 37.2 Å². The van der Waals surface area contributed by atoms with E-state index in [4.69, 9.17) is 14.8 Å². The number of sulfone groups is 1. The Morgan fingerprint density at radius 1 is 1.30 bits per heavy atom. The largest absolute Gasteiger partial charge is 0.487 e. The summed E-state index contributed by atoms with van der Waals surface area (Å²) in [6, 6.07) is 6.34. The van der Waals surface area contributed by atoms with E-state index in [1.165, 1.54) is 23.3 Å². The van der Waals surface area contributed by atoms with Gasteiger partial charge in [0.1, 0.15) is 12.4 Å². The molecule has 146 valence electrons. The Morgan fingerprint density at radius 3 is 2.48 bits per heavy atom. The molecule has 1 N–H and O–H groups in total. The maximum Gasteiger partial charge on any atom is 0.407 e. The standard InChI is InChI=1S/C18H22N2O5S2/c1-12-16(11-25-14-3-5-15(6-4-14)27(2,23)24)19-17(26-12)13-7-9-20(10-8-13)18(21)22/h3-6,13H,7-11H2,1-2H3,(H,21,22). The lowest BCUT2D eigenvalue weighted by molar-refractivity contribution is 0.132. The van der Waals surface area contributed by atoms with E-state index in [-0.39, 0.29) is 10.8 Å². The summed E-state index contributed by atoms with van der Waals surface area (Å²) in [6.07, 6.45) is 1.88. The second-order valence-corrected chi connectivity index (χ2v) is 9.88. The molecule has 1 saturated heterocycles. The Labute approximate surface area is 162 Å². The van der Waals surface area contributed by atoms with Crippen LogP contribution in [0.2, 0.25) is 0 Å². The van der Waals surface area contributed by atoms with Crippen molar-refractivity contribution in [1.82, 2.24) is 9.88 Å². The average molecular weight is 411 g/mol. The lowest BCUT2D eigenvalue weighted by Gasteiger charge is -2.28. The number of carbonyl (C=O) groups is 1. The van der Waals surface area contributed by atoms with Crippen LogP contribution in [0.15, 0.2) is 29.2 Å². The van der Waals surface area contributed by atoms with Gasteiger partial charge in [0.25, 0.3) is 0 Å². The molecule has 2 aromatic rings. The minimum absolute atomic E-state index is 0.259. The molecule has 1 fully saturated rings. The molecular weight excluding hydrogens is 388 g/mol. The van der Waals surface area contributed by atoms with Crippen LogP contribution in [0.3, 0.4) is 0 Å². The first-order valence-electron chi connectivity index (χ1n) is 8.61. The van der Waals surface area contributed by atoms with Crippen LogP contribution in [0.5, 0.6) is 5.75 Å². The van der Waals surface area contributed by atoms with Crippen molar-refractivity contribution < 1.29 is 23.1 Å². The fraction of sp³-hybridized carbons (Fsp3) is 0.444. The fourth-order valence-electron chi connectivity index (χ4n) is 3.01. The molecule has 0 spiro atoms. The number of rotatable bonds is 5. The molecule has 0 radical (unpaired) electrons. The minimum atomic E-state index is -3.22. The van der Waals surface area contributed by atoms with Gasteiger partial charge in [-0.1, -0.05) is 0 Å². The molecule has 1 amide bonds. The van der Waals surface area contributed by atoms with Crippen LogP contribution in [-0.4, -0.2) is 48.8 Å². The molecule has 7 nitrogen and oxygen atoms in total. The third kappa shape index (κ3) is 4.78. The van der Waals surface area contributed by atoms with Crippen LogP contribution in [0.25, 0.3) is 0 Å². The second-order valence-electron chi connectivity index (χ2n) is 6.63. The van der Waals surface area contributed by atoms with Crippen LogP contribution in [0.4, 0.5) is 4.79 Å². The summed E-state index contributed by atoms with van der Waals surface area (Å²) in [7, 11) is -3.22. The van der Waals surface area contributed by atoms with E-state index in [0.29, 0.717) is 25.4 Å². The molecule has 0 unspecified atom stereocenters. The molecule has 1 aliphatic heterocycles. The quantitative estimate of drug-likeness (QED) is 0.812. The van der Waals surface area contributed by atoms with E-state index >= 15 is 0 Å². The number of nitrogens with zero attached hydrogens (tertiary/aromatic N) is 2. The third-order valence-corrected chi connectivity index (χ3v) is 6.96. The molecule has 1 aliphatic rings. The van der Waals surface area contributed by atoms with Crippen molar-refractivity contribution in [2.75, 3.05) is 19.3 Å². The van der Waals surface area contributed by atoms with E-state index < -0.39 is 15.9 Å². The molecule has 1 aromatic carbocycles. The molecule has 2 heterocycles. The van der Waals surface area contributed by atoms with Crippen molar-refractivity contribution in [3.63, 3.8) is 0 Å². The van der Waals surface area contributed by atoms with Crippen LogP contribution >= 0.6 is 11.3 Å². The summed E-state index contributed by atoms with van der Waals surface area (Å²) in [6.45, 7) is 3.39. The van der Waals surface area contributed by atoms with Crippen LogP contribution < -0.4 is 4.74 Å². The number of carboxylic acid groups (broad SMARTS) is 1. The van der Waals surface area contributed by atoms with Gasteiger partial charge in [-0.3, -0.25) is 0 Å². The third-order valence-electron chi connectivity index (χ3n) is 4.65. The number of amides is 1. The maximum atomic E-state index is 11.5. The highest BCUT2D eigenvalue weighted by Crippen LogP contribution is 2.32. The number of piperidine rings is 1. The van der Waals surface area contributed by atoms with Gasteiger partial charge in [0.05, 0.1) is 15.6 Å². The minimum Gasteiger partial charge on any atom is -0.487 e. The number of hydrogen-bond donors (Lipinski definition) is 1. The zero-order valence-corrected chi connectivity index (χ0v) is 16.8. The van der Waals surface area contributed by atoms with Gasteiger partial charge in [-0.25, -0.2) is 18.2 Å². The van der Waals surface area contributed by atoms with E-state index in [0.717, 1.165) is 28.4 Å². The molecule has 27 heavy (non-hydrogen) atoms. The van der Waals surface area contributed by atoms with E-state index in [9.17, 15) is 13.2 Å². The van der Waals surface area contributed by atoms with Crippen LogP contribution in [0.1, 0.15) is 34.3 Å². The Morgan fingerprint density at radius 2 is 1.93 bits per heavy atom. The second kappa shape index (κ2) is 7.85.